The summed E-state index contributed by atoms with van der Waals surface area (Å²) in [7, 11) is 0. The molecule has 0 aromatic heterocycles. The Hall–Kier alpha value is -1.79. The van der Waals surface area contributed by atoms with Crippen LogP contribution in [0.2, 0.25) is 0 Å². The van der Waals surface area contributed by atoms with E-state index in [4.69, 9.17) is 47.4 Å². The highest BCUT2D eigenvalue weighted by atomic mass is 16.8. The first-order valence-corrected chi connectivity index (χ1v) is 29.7. The Labute approximate surface area is 486 Å². The van der Waals surface area contributed by atoms with Gasteiger partial charge in [0.1, 0.15) is 90.4 Å². The number of rotatable bonds is 13. The smallest absolute Gasteiger partial charge is 0.317 e. The van der Waals surface area contributed by atoms with Crippen molar-refractivity contribution in [2.45, 2.75) is 247 Å². The van der Waals surface area contributed by atoms with Crippen LogP contribution in [0.25, 0.3) is 0 Å². The van der Waals surface area contributed by atoms with Gasteiger partial charge in [0.15, 0.2) is 31.3 Å². The van der Waals surface area contributed by atoms with Crippen molar-refractivity contribution in [1.82, 2.24) is 0 Å². The molecular weight excluding hydrogens is 1120 g/mol. The summed E-state index contributed by atoms with van der Waals surface area (Å²) in [4.78, 5) is 15.6. The number of allylic oxidation sites excluding steroid dienone is 2. The Morgan fingerprint density at radius 3 is 1.89 bits per heavy atom. The molecule has 0 radical (unpaired) electrons. The van der Waals surface area contributed by atoms with Crippen LogP contribution in [0.3, 0.4) is 0 Å². The molecule has 32 unspecified atom stereocenters. The molecule has 84 heavy (non-hydrogen) atoms. The summed E-state index contributed by atoms with van der Waals surface area (Å²) < 4.78 is 59.7. The van der Waals surface area contributed by atoms with E-state index in [0.717, 1.165) is 5.57 Å². The third kappa shape index (κ3) is 10.4. The van der Waals surface area contributed by atoms with Crippen LogP contribution in [-0.2, 0) is 52.2 Å². The molecule has 0 amide bonds. The molecule has 32 atom stereocenters. The van der Waals surface area contributed by atoms with Crippen molar-refractivity contribution in [2.24, 2.45) is 50.2 Å². The van der Waals surface area contributed by atoms with E-state index in [-0.39, 0.29) is 36.5 Å². The van der Waals surface area contributed by atoms with Crippen LogP contribution in [0.4, 0.5) is 0 Å². The van der Waals surface area contributed by atoms with Gasteiger partial charge in [-0.3, -0.25) is 4.79 Å². The fourth-order valence-electron chi connectivity index (χ4n) is 17.4. The Morgan fingerprint density at radius 1 is 0.607 bits per heavy atom. The first-order chi connectivity index (χ1) is 39.3. The molecule has 5 saturated heterocycles. The van der Waals surface area contributed by atoms with E-state index in [9.17, 15) is 81.7 Å². The fourth-order valence-corrected chi connectivity index (χ4v) is 17.4. The van der Waals surface area contributed by atoms with Gasteiger partial charge in [-0.2, -0.15) is 0 Å². The molecule has 0 spiro atoms. The van der Waals surface area contributed by atoms with Crippen LogP contribution in [0.5, 0.6) is 0 Å². The Kier molecular flexibility index (Phi) is 18.2. The van der Waals surface area contributed by atoms with Gasteiger partial charge in [0.25, 0.3) is 0 Å². The van der Waals surface area contributed by atoms with Crippen LogP contribution >= 0.6 is 0 Å². The molecule has 5 heterocycles. The van der Waals surface area contributed by atoms with E-state index in [0.29, 0.717) is 32.1 Å². The second-order valence-electron chi connectivity index (χ2n) is 28.0. The normalized spacial score (nSPS) is 55.6. The number of esters is 1. The molecule has 5 aliphatic heterocycles. The molecule has 16 N–H and O–H groups in total. The molecule has 4 saturated carbocycles. The zero-order chi connectivity index (χ0) is 61.3. The molecule has 10 aliphatic rings. The summed E-state index contributed by atoms with van der Waals surface area (Å²) in [5, 5.41) is 176. The van der Waals surface area contributed by atoms with Crippen LogP contribution in [0, 0.1) is 50.2 Å². The van der Waals surface area contributed by atoms with Gasteiger partial charge in [-0.25, -0.2) is 0 Å². The molecular formula is C57H92O27. The number of carbonyl (C=O) groups is 1. The zero-order valence-electron chi connectivity index (χ0n) is 48.6. The van der Waals surface area contributed by atoms with Crippen LogP contribution in [-0.4, -0.2) is 274 Å². The maximum Gasteiger partial charge on any atom is 0.317 e. The number of hydrogen-bond acceptors (Lipinski definition) is 27. The van der Waals surface area contributed by atoms with Gasteiger partial charge >= 0.3 is 5.97 Å². The van der Waals surface area contributed by atoms with Crippen molar-refractivity contribution in [3.63, 3.8) is 0 Å². The summed E-state index contributed by atoms with van der Waals surface area (Å²) in [6.45, 7) is 10.2. The van der Waals surface area contributed by atoms with Gasteiger partial charge in [-0.05, 0) is 97.7 Å². The van der Waals surface area contributed by atoms with Crippen molar-refractivity contribution in [2.75, 3.05) is 39.6 Å². The van der Waals surface area contributed by atoms with E-state index in [2.05, 4.69) is 40.7 Å². The lowest BCUT2D eigenvalue weighted by atomic mass is 9.33. The van der Waals surface area contributed by atoms with Gasteiger partial charge in [0.05, 0.1) is 64.1 Å². The van der Waals surface area contributed by atoms with Gasteiger partial charge in [0, 0.05) is 5.41 Å². The highest BCUT2D eigenvalue weighted by Crippen LogP contribution is 2.76. The third-order valence-electron chi connectivity index (χ3n) is 22.6. The second kappa shape index (κ2) is 23.5. The minimum Gasteiger partial charge on any atom is -0.432 e. The largest absolute Gasteiger partial charge is 0.432 e. The maximum atomic E-state index is 15.6. The van der Waals surface area contributed by atoms with E-state index in [1.807, 2.05) is 6.92 Å². The lowest BCUT2D eigenvalue weighted by Crippen LogP contribution is -2.70. The molecule has 0 bridgehead atoms. The monoisotopic (exact) mass is 1210 g/mol. The lowest BCUT2D eigenvalue weighted by Gasteiger charge is -2.72. The van der Waals surface area contributed by atoms with E-state index in [1.54, 1.807) is 0 Å². The number of ether oxygens (including phenoxy) is 10. The number of carbonyl (C=O) groups excluding carboxylic acids is 1. The van der Waals surface area contributed by atoms with Crippen molar-refractivity contribution in [1.29, 1.82) is 0 Å². The minimum atomic E-state index is -2.18. The fraction of sp³-hybridized carbons (Fsp3) is 0.947. The number of aliphatic hydroxyl groups excluding tert-OH is 15. The van der Waals surface area contributed by atoms with Crippen molar-refractivity contribution >= 4 is 5.97 Å². The van der Waals surface area contributed by atoms with Crippen LogP contribution in [0.15, 0.2) is 11.6 Å². The second-order valence-corrected chi connectivity index (χ2v) is 28.0. The Balaban J connectivity index is 0.913. The predicted octanol–water partition coefficient (Wildman–Crippen LogP) is -4.35. The van der Waals surface area contributed by atoms with Crippen molar-refractivity contribution < 1.29 is 134 Å². The van der Waals surface area contributed by atoms with E-state index in [1.165, 1.54) is 6.92 Å². The Bertz CT molecular complexity index is 2370. The lowest BCUT2D eigenvalue weighted by molar-refractivity contribution is -0.381. The highest BCUT2D eigenvalue weighted by Gasteiger charge is 2.73. The van der Waals surface area contributed by atoms with Gasteiger partial charge in [0.2, 0.25) is 6.29 Å². The highest BCUT2D eigenvalue weighted by molar-refractivity contribution is 5.80. The summed E-state index contributed by atoms with van der Waals surface area (Å²) in [6, 6.07) is 0. The molecule has 27 heteroatoms. The molecule has 27 nitrogen and oxygen atoms in total. The third-order valence-corrected chi connectivity index (χ3v) is 22.6. The van der Waals surface area contributed by atoms with Gasteiger partial charge < -0.3 is 129 Å². The summed E-state index contributed by atoms with van der Waals surface area (Å²) in [5.41, 5.74) is -6.27. The minimum absolute atomic E-state index is 0.107. The standard InChI is InChI=1S/C57H92O27/c1-23-40(80-45-37(69)33(65)27(62)18-75-45)41(81-49-43(72)56(74,21-60)22-77-49)39(71)47(78-23)82-42-34(66)28(63)19-76-48(42)84-50(73)57-13-12-51(2,3)14-25(57)24-8-9-31-52(4)15-26(61)44(83-46-38(70)36(68)35(67)29(17-58)79-46)53(5,20-59)30(52)10-11-54(31,6)55(24,7)16-32(57)64/h8,23,25-49,58-72,74H,9-22H2,1-7H3. The Morgan fingerprint density at radius 2 is 1.24 bits per heavy atom. The van der Waals surface area contributed by atoms with Gasteiger partial charge in [-0.15, -0.1) is 0 Å². The summed E-state index contributed by atoms with van der Waals surface area (Å²) in [5.74, 6) is -1.90. The molecule has 9 fully saturated rings. The van der Waals surface area contributed by atoms with Crippen molar-refractivity contribution in [3.8, 4) is 0 Å². The summed E-state index contributed by atoms with van der Waals surface area (Å²) in [6.07, 6.45) is -31.9. The quantitative estimate of drug-likeness (QED) is 0.0471. The molecule has 5 aliphatic carbocycles. The molecule has 0 aromatic rings. The topological polar surface area (TPSA) is 433 Å². The molecule has 0 aromatic carbocycles. The maximum absolute atomic E-state index is 15.6. The number of hydrogen-bond donors (Lipinski definition) is 16. The average Bonchev–Trinajstić information content (AvgIpc) is 0.782. The van der Waals surface area contributed by atoms with E-state index < -0.39 is 226 Å². The summed E-state index contributed by atoms with van der Waals surface area (Å²) >= 11 is 0. The number of fused-ring (bicyclic) bond motifs is 7. The van der Waals surface area contributed by atoms with Gasteiger partial charge in [-0.1, -0.05) is 53.2 Å². The SMILES string of the molecule is CC1OC(OC2C(OC(=O)C34CCC(C)(C)CC3C3=CCC5C6(C)CC(O)C(OC7OC(CO)C(O)C(O)C7O)C(C)(CO)C6CCC5(C)C3(C)CC4O)OCC(O)C2O)C(O)C(OC2OCC(O)(CO)C2O)C1OC1OCC(O)C(O)C1O. The zero-order valence-corrected chi connectivity index (χ0v) is 48.6. The van der Waals surface area contributed by atoms with Crippen molar-refractivity contribution in [3.05, 3.63) is 11.6 Å². The first kappa shape index (κ1) is 65.2. The molecule has 10 rings (SSSR count). The van der Waals surface area contributed by atoms with E-state index >= 15 is 4.79 Å². The molecule has 482 valence electrons. The first-order valence-electron chi connectivity index (χ1n) is 29.7. The number of aliphatic hydroxyl groups is 16. The van der Waals surface area contributed by atoms with Crippen LogP contribution < -0.4 is 0 Å². The van der Waals surface area contributed by atoms with Crippen LogP contribution in [0.1, 0.15) is 99.8 Å². The predicted molar refractivity (Wildman–Crippen MR) is 280 cm³/mol. The average molecular weight is 1210 g/mol.